The number of ether oxygens (including phenoxy) is 1. The third kappa shape index (κ3) is 4.16. The summed E-state index contributed by atoms with van der Waals surface area (Å²) in [5, 5.41) is 0. The van der Waals surface area contributed by atoms with Crippen molar-refractivity contribution in [2.75, 3.05) is 6.67 Å². The van der Waals surface area contributed by atoms with Gasteiger partial charge in [0.25, 0.3) is 6.02 Å². The van der Waals surface area contributed by atoms with Crippen LogP contribution in [-0.2, 0) is 10.3 Å². The molecule has 2 aromatic rings. The van der Waals surface area contributed by atoms with Gasteiger partial charge in [0.15, 0.2) is 6.10 Å². The Kier molecular flexibility index (Phi) is 5.46. The number of halogens is 5. The second-order valence-electron chi connectivity index (χ2n) is 6.47. The molecule has 0 bridgehead atoms. The fraction of sp³-hybridized carbons (Fsp3) is 0.300. The lowest BCUT2D eigenvalue weighted by Gasteiger charge is -2.36. The summed E-state index contributed by atoms with van der Waals surface area (Å²) < 4.78 is 72.7. The molecule has 1 aliphatic heterocycles. The average Bonchev–Trinajstić information content (AvgIpc) is 2.68. The highest BCUT2D eigenvalue weighted by atomic mass is 19.4. The van der Waals surface area contributed by atoms with Crippen LogP contribution >= 0.6 is 0 Å². The molecule has 2 heterocycles. The summed E-state index contributed by atoms with van der Waals surface area (Å²) in [6, 6.07) is 6.19. The van der Waals surface area contributed by atoms with E-state index in [0.29, 0.717) is 16.8 Å². The smallest absolute Gasteiger partial charge is 0.425 e. The Bertz CT molecular complexity index is 992. The summed E-state index contributed by atoms with van der Waals surface area (Å²) in [7, 11) is 0. The van der Waals surface area contributed by atoms with E-state index in [1.165, 1.54) is 18.3 Å². The monoisotopic (exact) mass is 409 g/mol. The van der Waals surface area contributed by atoms with Gasteiger partial charge < -0.3 is 10.5 Å². The first-order valence-electron chi connectivity index (χ1n) is 8.52. The number of hydrogen-bond donors (Lipinski definition) is 1. The van der Waals surface area contributed by atoms with Crippen molar-refractivity contribution >= 4 is 6.02 Å². The van der Waals surface area contributed by atoms with Crippen molar-refractivity contribution in [3.63, 3.8) is 0 Å². The molecule has 0 spiro atoms. The van der Waals surface area contributed by atoms with Crippen molar-refractivity contribution in [3.8, 4) is 23.0 Å². The van der Waals surface area contributed by atoms with Gasteiger partial charge in [-0.2, -0.15) is 13.2 Å². The summed E-state index contributed by atoms with van der Waals surface area (Å²) in [5.74, 6) is 4.58. The predicted molar refractivity (Wildman–Crippen MR) is 97.0 cm³/mol. The Labute approximate surface area is 163 Å². The standard InChI is InChI=1S/C20H16F5N3O/c1-2-3-14-6-4-13(10-27-14)12-5-7-16(22)15(8-12)19(11-21)9-17(20(23,24)25)29-18(26)28-19/h4-8,10,17H,9,11H2,1H3,(H2,26,28). The molecule has 1 aromatic carbocycles. The van der Waals surface area contributed by atoms with E-state index in [2.05, 4.69) is 26.6 Å². The summed E-state index contributed by atoms with van der Waals surface area (Å²) >= 11 is 0. The van der Waals surface area contributed by atoms with Gasteiger partial charge in [-0.1, -0.05) is 18.1 Å². The summed E-state index contributed by atoms with van der Waals surface area (Å²) in [6.07, 6.45) is -6.65. The minimum Gasteiger partial charge on any atom is -0.452 e. The van der Waals surface area contributed by atoms with Gasteiger partial charge in [0.2, 0.25) is 0 Å². The van der Waals surface area contributed by atoms with E-state index in [1.54, 1.807) is 19.1 Å². The fourth-order valence-corrected chi connectivity index (χ4v) is 3.11. The zero-order chi connectivity index (χ0) is 21.2. The lowest BCUT2D eigenvalue weighted by atomic mass is 9.83. The van der Waals surface area contributed by atoms with Crippen LogP contribution < -0.4 is 5.73 Å². The first kappa shape index (κ1) is 20.6. The van der Waals surface area contributed by atoms with E-state index in [1.807, 2.05) is 0 Å². The van der Waals surface area contributed by atoms with Crippen LogP contribution in [0.25, 0.3) is 11.1 Å². The molecular weight excluding hydrogens is 393 g/mol. The SMILES string of the molecule is CC#Cc1ccc(-c2ccc(F)c(C3(CF)CC(C(F)(F)F)OC(N)=N3)c2)cn1. The molecule has 0 saturated carbocycles. The summed E-state index contributed by atoms with van der Waals surface area (Å²) in [6.45, 7) is 0.278. The number of aromatic nitrogens is 1. The lowest BCUT2D eigenvalue weighted by molar-refractivity contribution is -0.209. The van der Waals surface area contributed by atoms with Gasteiger partial charge in [0, 0.05) is 23.7 Å². The van der Waals surface area contributed by atoms with Crippen LogP contribution in [-0.4, -0.2) is 30.0 Å². The Morgan fingerprint density at radius 1 is 1.24 bits per heavy atom. The molecule has 0 amide bonds. The van der Waals surface area contributed by atoms with Crippen LogP contribution in [0.3, 0.4) is 0 Å². The first-order chi connectivity index (χ1) is 13.7. The van der Waals surface area contributed by atoms with Crippen molar-refractivity contribution < 1.29 is 26.7 Å². The number of rotatable bonds is 3. The van der Waals surface area contributed by atoms with Gasteiger partial charge in [-0.15, -0.1) is 0 Å². The molecule has 0 radical (unpaired) electrons. The molecule has 1 aromatic heterocycles. The zero-order valence-corrected chi connectivity index (χ0v) is 15.2. The molecule has 2 unspecified atom stereocenters. The van der Waals surface area contributed by atoms with E-state index in [-0.39, 0.29) is 5.56 Å². The van der Waals surface area contributed by atoms with Crippen LogP contribution in [0.1, 0.15) is 24.6 Å². The summed E-state index contributed by atoms with van der Waals surface area (Å²) in [4.78, 5) is 7.87. The second kappa shape index (κ2) is 7.70. The normalized spacial score (nSPS) is 21.6. The number of amidine groups is 1. The van der Waals surface area contributed by atoms with E-state index in [0.717, 1.165) is 6.07 Å². The highest BCUT2D eigenvalue weighted by Gasteiger charge is 2.52. The molecule has 1 aliphatic rings. The number of benzene rings is 1. The molecule has 0 saturated heterocycles. The third-order valence-electron chi connectivity index (χ3n) is 4.51. The fourth-order valence-electron chi connectivity index (χ4n) is 3.11. The molecule has 2 atom stereocenters. The van der Waals surface area contributed by atoms with Crippen LogP contribution in [0.15, 0.2) is 41.5 Å². The average molecular weight is 409 g/mol. The maximum Gasteiger partial charge on any atom is 0.425 e. The van der Waals surface area contributed by atoms with Crippen LogP contribution in [0.5, 0.6) is 0 Å². The van der Waals surface area contributed by atoms with Crippen molar-refractivity contribution in [3.05, 3.63) is 53.6 Å². The number of aliphatic imine (C=N–C) groups is 1. The van der Waals surface area contributed by atoms with Crippen molar-refractivity contribution in [2.24, 2.45) is 10.7 Å². The van der Waals surface area contributed by atoms with Crippen molar-refractivity contribution in [1.29, 1.82) is 0 Å². The number of nitrogens with zero attached hydrogens (tertiary/aromatic N) is 2. The molecule has 4 nitrogen and oxygen atoms in total. The Morgan fingerprint density at radius 3 is 2.55 bits per heavy atom. The van der Waals surface area contributed by atoms with Gasteiger partial charge in [-0.25, -0.2) is 18.8 Å². The Hall–Kier alpha value is -3.15. The van der Waals surface area contributed by atoms with Crippen LogP contribution in [0.2, 0.25) is 0 Å². The molecule has 29 heavy (non-hydrogen) atoms. The highest BCUT2D eigenvalue weighted by Crippen LogP contribution is 2.42. The molecule has 152 valence electrons. The van der Waals surface area contributed by atoms with Crippen molar-refractivity contribution in [2.45, 2.75) is 31.2 Å². The number of hydrogen-bond acceptors (Lipinski definition) is 4. The van der Waals surface area contributed by atoms with Crippen LogP contribution in [0.4, 0.5) is 22.0 Å². The molecular formula is C20H16F5N3O. The van der Waals surface area contributed by atoms with Gasteiger partial charge in [-0.05, 0) is 36.6 Å². The Balaban J connectivity index is 2.07. The molecule has 2 N–H and O–H groups in total. The topological polar surface area (TPSA) is 60.5 Å². The van der Waals surface area contributed by atoms with E-state index in [4.69, 9.17) is 5.73 Å². The van der Waals surface area contributed by atoms with E-state index in [9.17, 15) is 22.0 Å². The van der Waals surface area contributed by atoms with Gasteiger partial charge in [0.05, 0.1) is 0 Å². The maximum atomic E-state index is 14.6. The maximum absolute atomic E-state index is 14.6. The highest BCUT2D eigenvalue weighted by molar-refractivity contribution is 5.73. The van der Waals surface area contributed by atoms with Gasteiger partial charge >= 0.3 is 6.18 Å². The quantitative estimate of drug-likeness (QED) is 0.614. The predicted octanol–water partition coefficient (Wildman–Crippen LogP) is 4.09. The molecule has 0 aliphatic carbocycles. The zero-order valence-electron chi connectivity index (χ0n) is 15.2. The third-order valence-corrected chi connectivity index (χ3v) is 4.51. The molecule has 0 fully saturated rings. The van der Waals surface area contributed by atoms with Crippen LogP contribution in [0, 0.1) is 17.7 Å². The molecule has 9 heteroatoms. The van der Waals surface area contributed by atoms with Crippen molar-refractivity contribution in [1.82, 2.24) is 4.98 Å². The minimum absolute atomic E-state index is 0.338. The largest absolute Gasteiger partial charge is 0.452 e. The second-order valence-corrected chi connectivity index (χ2v) is 6.47. The minimum atomic E-state index is -4.81. The molecule has 3 rings (SSSR count). The van der Waals surface area contributed by atoms with E-state index < -0.39 is 42.8 Å². The number of nitrogens with two attached hydrogens (primary N) is 1. The Morgan fingerprint density at radius 2 is 1.97 bits per heavy atom. The van der Waals surface area contributed by atoms with Gasteiger partial charge in [-0.3, -0.25) is 0 Å². The van der Waals surface area contributed by atoms with Gasteiger partial charge in [0.1, 0.15) is 23.7 Å². The van der Waals surface area contributed by atoms with E-state index >= 15 is 0 Å². The number of pyridine rings is 1. The summed E-state index contributed by atoms with van der Waals surface area (Å²) in [5.41, 5.74) is 4.39. The number of alkyl halides is 4. The lowest BCUT2D eigenvalue weighted by Crippen LogP contribution is -2.48. The first-order valence-corrected chi connectivity index (χ1v) is 8.52.